The van der Waals surface area contributed by atoms with Crippen LogP contribution in [0.15, 0.2) is 48.5 Å². The van der Waals surface area contributed by atoms with Gasteiger partial charge in [0.2, 0.25) is 5.91 Å². The van der Waals surface area contributed by atoms with Crippen LogP contribution in [0, 0.1) is 0 Å². The van der Waals surface area contributed by atoms with Gasteiger partial charge in [-0.25, -0.2) is 0 Å². The lowest BCUT2D eigenvalue weighted by atomic mass is 10.0. The van der Waals surface area contributed by atoms with Crippen LogP contribution >= 0.6 is 24.0 Å². The van der Waals surface area contributed by atoms with E-state index < -0.39 is 0 Å². The average molecular weight is 381 g/mol. The molecule has 25 heavy (non-hydrogen) atoms. The lowest BCUT2D eigenvalue weighted by Gasteiger charge is -2.36. The molecule has 2 aromatic carbocycles. The van der Waals surface area contributed by atoms with E-state index >= 15 is 0 Å². The summed E-state index contributed by atoms with van der Waals surface area (Å²) in [5.74, 6) is 0.890. The summed E-state index contributed by atoms with van der Waals surface area (Å²) < 4.78 is 5.24. The Balaban J connectivity index is 0.00000225. The minimum Gasteiger partial charge on any atom is -0.497 e. The van der Waals surface area contributed by atoms with Crippen LogP contribution in [0.25, 0.3) is 0 Å². The second kappa shape index (κ2) is 9.09. The van der Waals surface area contributed by atoms with Gasteiger partial charge >= 0.3 is 0 Å². The number of rotatable bonds is 4. The Morgan fingerprint density at radius 2 is 2.08 bits per heavy atom. The highest BCUT2D eigenvalue weighted by atomic mass is 35.5. The molecule has 0 aromatic heterocycles. The molecule has 0 spiro atoms. The van der Waals surface area contributed by atoms with E-state index in [9.17, 15) is 4.79 Å². The molecule has 1 fully saturated rings. The minimum absolute atomic E-state index is 0. The van der Waals surface area contributed by atoms with Crippen LogP contribution in [0.2, 0.25) is 5.02 Å². The second-order valence-corrected chi connectivity index (χ2v) is 6.33. The monoisotopic (exact) mass is 380 g/mol. The summed E-state index contributed by atoms with van der Waals surface area (Å²) in [5, 5.41) is 4.06. The fourth-order valence-electron chi connectivity index (χ4n) is 3.07. The number of carbonyl (C=O) groups is 1. The molecule has 1 aliphatic heterocycles. The maximum atomic E-state index is 12.9. The van der Waals surface area contributed by atoms with Crippen LogP contribution in [0.4, 0.5) is 0 Å². The van der Waals surface area contributed by atoms with E-state index in [1.54, 1.807) is 7.11 Å². The van der Waals surface area contributed by atoms with Gasteiger partial charge in [0.15, 0.2) is 0 Å². The Hall–Kier alpha value is -1.75. The number of nitrogens with zero attached hydrogens (tertiary/aromatic N) is 1. The summed E-state index contributed by atoms with van der Waals surface area (Å²) >= 11 is 6.12. The van der Waals surface area contributed by atoms with Crippen LogP contribution < -0.4 is 10.1 Å². The van der Waals surface area contributed by atoms with Crippen molar-refractivity contribution in [3.63, 3.8) is 0 Å². The lowest BCUT2D eigenvalue weighted by Crippen LogP contribution is -2.49. The molecule has 1 atom stereocenters. The number of ether oxygens (including phenoxy) is 1. The van der Waals surface area contributed by atoms with E-state index in [2.05, 4.69) is 5.32 Å². The van der Waals surface area contributed by atoms with Crippen molar-refractivity contribution in [3.05, 3.63) is 64.7 Å². The molecule has 1 unspecified atom stereocenters. The van der Waals surface area contributed by atoms with Crippen molar-refractivity contribution >= 4 is 29.9 Å². The highest BCUT2D eigenvalue weighted by molar-refractivity contribution is 6.30. The normalized spacial score (nSPS) is 16.9. The van der Waals surface area contributed by atoms with Gasteiger partial charge in [0.25, 0.3) is 0 Å². The smallest absolute Gasteiger partial charge is 0.227 e. The predicted octanol–water partition coefficient (Wildman–Crippen LogP) is 3.49. The van der Waals surface area contributed by atoms with Crippen LogP contribution in [-0.4, -0.2) is 37.6 Å². The third-order valence-electron chi connectivity index (χ3n) is 4.29. The Bertz CT molecular complexity index is 724. The molecule has 1 heterocycles. The minimum atomic E-state index is 0. The van der Waals surface area contributed by atoms with E-state index in [1.165, 1.54) is 0 Å². The third kappa shape index (κ3) is 4.88. The Labute approximate surface area is 159 Å². The molecule has 4 nitrogen and oxygen atoms in total. The fourth-order valence-corrected chi connectivity index (χ4v) is 3.27. The van der Waals surface area contributed by atoms with Gasteiger partial charge in [-0.15, -0.1) is 12.4 Å². The molecule has 0 radical (unpaired) electrons. The standard InChI is InChI=1S/C19H21ClN2O2.ClH/c1-24-17-7-2-4-14(10-17)11-19(23)22-9-8-21-13-18(22)15-5-3-6-16(20)12-15;/h2-7,10,12,18,21H,8-9,11,13H2,1H3;1H. The van der Waals surface area contributed by atoms with Gasteiger partial charge in [-0.2, -0.15) is 0 Å². The third-order valence-corrected chi connectivity index (χ3v) is 4.52. The molecule has 2 aromatic rings. The van der Waals surface area contributed by atoms with Crippen LogP contribution in [0.5, 0.6) is 5.75 Å². The first kappa shape index (κ1) is 19.6. The zero-order valence-electron chi connectivity index (χ0n) is 14.1. The van der Waals surface area contributed by atoms with E-state index in [0.717, 1.165) is 30.0 Å². The van der Waals surface area contributed by atoms with Crippen molar-refractivity contribution in [2.45, 2.75) is 12.5 Å². The number of halogens is 2. The molecule has 1 saturated heterocycles. The summed E-state index contributed by atoms with van der Waals surface area (Å²) in [6, 6.07) is 15.4. The van der Waals surface area contributed by atoms with E-state index in [0.29, 0.717) is 18.0 Å². The zero-order valence-corrected chi connectivity index (χ0v) is 15.6. The van der Waals surface area contributed by atoms with Crippen molar-refractivity contribution in [2.75, 3.05) is 26.7 Å². The SMILES string of the molecule is COc1cccc(CC(=O)N2CCNCC2c2cccc(Cl)c2)c1.Cl. The van der Waals surface area contributed by atoms with Gasteiger partial charge in [0, 0.05) is 24.7 Å². The fraction of sp³-hybridized carbons (Fsp3) is 0.316. The van der Waals surface area contributed by atoms with Crippen LogP contribution in [-0.2, 0) is 11.2 Å². The number of carbonyl (C=O) groups excluding carboxylic acids is 1. The molecule has 0 saturated carbocycles. The largest absolute Gasteiger partial charge is 0.497 e. The first-order valence-corrected chi connectivity index (χ1v) is 8.44. The van der Waals surface area contributed by atoms with Gasteiger partial charge in [-0.3, -0.25) is 4.79 Å². The molecule has 0 bridgehead atoms. The first-order valence-electron chi connectivity index (χ1n) is 8.06. The van der Waals surface area contributed by atoms with Gasteiger partial charge < -0.3 is 15.0 Å². The van der Waals surface area contributed by atoms with Crippen molar-refractivity contribution in [3.8, 4) is 5.75 Å². The lowest BCUT2D eigenvalue weighted by molar-refractivity contribution is -0.133. The number of benzene rings is 2. The van der Waals surface area contributed by atoms with E-state index in [4.69, 9.17) is 16.3 Å². The zero-order chi connectivity index (χ0) is 16.9. The molecule has 0 aliphatic carbocycles. The number of hydrogen-bond acceptors (Lipinski definition) is 3. The highest BCUT2D eigenvalue weighted by Gasteiger charge is 2.27. The van der Waals surface area contributed by atoms with Gasteiger partial charge in [-0.1, -0.05) is 35.9 Å². The van der Waals surface area contributed by atoms with Crippen LogP contribution in [0.1, 0.15) is 17.2 Å². The topological polar surface area (TPSA) is 41.6 Å². The first-order chi connectivity index (χ1) is 11.7. The summed E-state index contributed by atoms with van der Waals surface area (Å²) in [4.78, 5) is 14.8. The molecule has 3 rings (SSSR count). The van der Waals surface area contributed by atoms with Crippen molar-refractivity contribution in [1.82, 2.24) is 10.2 Å². The second-order valence-electron chi connectivity index (χ2n) is 5.89. The molecular weight excluding hydrogens is 359 g/mol. The van der Waals surface area contributed by atoms with Crippen molar-refractivity contribution in [1.29, 1.82) is 0 Å². The Morgan fingerprint density at radius 3 is 2.84 bits per heavy atom. The van der Waals surface area contributed by atoms with E-state index in [-0.39, 0.29) is 24.4 Å². The molecule has 1 amide bonds. The van der Waals surface area contributed by atoms with Crippen LogP contribution in [0.3, 0.4) is 0 Å². The van der Waals surface area contributed by atoms with Gasteiger partial charge in [0.1, 0.15) is 5.75 Å². The Kier molecular flexibility index (Phi) is 7.12. The number of nitrogens with one attached hydrogen (secondary N) is 1. The molecule has 6 heteroatoms. The van der Waals surface area contributed by atoms with Gasteiger partial charge in [-0.05, 0) is 35.4 Å². The molecular formula is C19H22Cl2N2O2. The summed E-state index contributed by atoms with van der Waals surface area (Å²) in [6.45, 7) is 2.24. The van der Waals surface area contributed by atoms with Gasteiger partial charge in [0.05, 0.1) is 19.6 Å². The quantitative estimate of drug-likeness (QED) is 0.882. The molecule has 1 N–H and O–H groups in total. The maximum absolute atomic E-state index is 12.9. The Morgan fingerprint density at radius 1 is 1.28 bits per heavy atom. The molecule has 134 valence electrons. The number of piperazine rings is 1. The predicted molar refractivity (Wildman–Crippen MR) is 103 cm³/mol. The number of methoxy groups -OCH3 is 1. The average Bonchev–Trinajstić information content (AvgIpc) is 2.62. The maximum Gasteiger partial charge on any atom is 0.227 e. The summed E-state index contributed by atoms with van der Waals surface area (Å²) in [5.41, 5.74) is 2.02. The summed E-state index contributed by atoms with van der Waals surface area (Å²) in [7, 11) is 1.63. The molecule has 1 aliphatic rings. The summed E-state index contributed by atoms with van der Waals surface area (Å²) in [6.07, 6.45) is 0.369. The van der Waals surface area contributed by atoms with Crippen molar-refractivity contribution < 1.29 is 9.53 Å². The van der Waals surface area contributed by atoms with Crippen molar-refractivity contribution in [2.24, 2.45) is 0 Å². The van der Waals surface area contributed by atoms with E-state index in [1.807, 2.05) is 53.4 Å². The highest BCUT2D eigenvalue weighted by Crippen LogP contribution is 2.25. The number of hydrogen-bond donors (Lipinski definition) is 1. The number of amides is 1.